The monoisotopic (exact) mass is 238 g/mol. The molecule has 0 aliphatic carbocycles. The number of carbonyl (C=O) groups excluding carboxylic acids is 1. The Balaban J connectivity index is 2.69. The van der Waals surface area contributed by atoms with Gasteiger partial charge in [-0.3, -0.25) is 10.2 Å². The molecule has 0 bridgehead atoms. The Labute approximate surface area is 101 Å². The molecule has 5 nitrogen and oxygen atoms in total. The number of carbonyl (C=O) groups is 1. The summed E-state index contributed by atoms with van der Waals surface area (Å²) in [7, 11) is 3.21. The van der Waals surface area contributed by atoms with E-state index >= 15 is 0 Å². The zero-order valence-corrected chi connectivity index (χ0v) is 10.3. The fourth-order valence-corrected chi connectivity index (χ4v) is 1.51. The first-order valence-electron chi connectivity index (χ1n) is 5.37. The number of hydrogen-bond acceptors (Lipinski definition) is 4. The predicted octanol–water partition coefficient (Wildman–Crippen LogP) is 0.653. The fourth-order valence-electron chi connectivity index (χ4n) is 1.51. The van der Waals surface area contributed by atoms with Crippen LogP contribution < -0.4 is 10.2 Å². The van der Waals surface area contributed by atoms with Crippen LogP contribution in [0.2, 0.25) is 0 Å². The van der Waals surface area contributed by atoms with Gasteiger partial charge in [0.05, 0.1) is 18.8 Å². The minimum Gasteiger partial charge on any atom is -0.496 e. The number of benzene rings is 1. The van der Waals surface area contributed by atoms with Crippen LogP contribution in [0.1, 0.15) is 17.3 Å². The van der Waals surface area contributed by atoms with Gasteiger partial charge in [0.15, 0.2) is 0 Å². The molecule has 1 unspecified atom stereocenters. The number of rotatable bonds is 5. The van der Waals surface area contributed by atoms with E-state index in [9.17, 15) is 9.90 Å². The number of para-hydroxylation sites is 1. The summed E-state index contributed by atoms with van der Waals surface area (Å²) >= 11 is 0. The van der Waals surface area contributed by atoms with Crippen LogP contribution in [0.4, 0.5) is 0 Å². The average Bonchev–Trinajstić information content (AvgIpc) is 2.27. The lowest BCUT2D eigenvalue weighted by Gasteiger charge is -2.20. The molecule has 1 aromatic carbocycles. The maximum Gasteiger partial charge on any atom is 0.269 e. The van der Waals surface area contributed by atoms with Gasteiger partial charge in [-0.2, -0.15) is 0 Å². The molecule has 1 rings (SSSR count). The number of aliphatic hydroxyl groups excluding tert-OH is 1. The maximum atomic E-state index is 11.9. The van der Waals surface area contributed by atoms with E-state index in [0.29, 0.717) is 17.9 Å². The van der Waals surface area contributed by atoms with Crippen LogP contribution in [-0.2, 0) is 0 Å². The van der Waals surface area contributed by atoms with E-state index in [2.05, 4.69) is 5.43 Å². The van der Waals surface area contributed by atoms with Crippen molar-refractivity contribution in [3.8, 4) is 5.75 Å². The van der Waals surface area contributed by atoms with Gasteiger partial charge in [-0.25, -0.2) is 5.01 Å². The lowest BCUT2D eigenvalue weighted by atomic mass is 10.2. The molecule has 0 aromatic heterocycles. The van der Waals surface area contributed by atoms with Gasteiger partial charge in [-0.1, -0.05) is 12.1 Å². The highest BCUT2D eigenvalue weighted by molar-refractivity contribution is 5.96. The van der Waals surface area contributed by atoms with E-state index in [-0.39, 0.29) is 5.91 Å². The summed E-state index contributed by atoms with van der Waals surface area (Å²) in [4.78, 5) is 11.9. The lowest BCUT2D eigenvalue weighted by molar-refractivity contribution is 0.0727. The summed E-state index contributed by atoms with van der Waals surface area (Å²) in [5.41, 5.74) is 3.12. The molecule has 17 heavy (non-hydrogen) atoms. The summed E-state index contributed by atoms with van der Waals surface area (Å²) in [6.45, 7) is 2.02. The molecule has 0 saturated heterocycles. The summed E-state index contributed by atoms with van der Waals surface area (Å²) in [6, 6.07) is 6.98. The molecule has 0 radical (unpaired) electrons. The molecule has 5 heteroatoms. The summed E-state index contributed by atoms with van der Waals surface area (Å²) < 4.78 is 5.10. The smallest absolute Gasteiger partial charge is 0.269 e. The number of hydrogen-bond donors (Lipinski definition) is 2. The number of methoxy groups -OCH3 is 1. The number of hydrazine groups is 1. The quantitative estimate of drug-likeness (QED) is 0.739. The van der Waals surface area contributed by atoms with E-state index in [1.165, 1.54) is 7.11 Å². The van der Waals surface area contributed by atoms with Gasteiger partial charge in [0, 0.05) is 13.6 Å². The fraction of sp³-hybridized carbons (Fsp3) is 0.417. The van der Waals surface area contributed by atoms with Crippen molar-refractivity contribution in [2.45, 2.75) is 13.0 Å². The van der Waals surface area contributed by atoms with E-state index in [0.717, 1.165) is 0 Å². The Morgan fingerprint density at radius 3 is 2.76 bits per heavy atom. The van der Waals surface area contributed by atoms with Crippen molar-refractivity contribution >= 4 is 5.91 Å². The number of nitrogens with one attached hydrogen (secondary N) is 1. The van der Waals surface area contributed by atoms with Crippen LogP contribution >= 0.6 is 0 Å². The number of likely N-dealkylation sites (N-methyl/N-ethyl adjacent to an activating group) is 1. The second-order valence-electron chi connectivity index (χ2n) is 3.87. The summed E-state index contributed by atoms with van der Waals surface area (Å²) in [6.07, 6.45) is -0.502. The van der Waals surface area contributed by atoms with Crippen molar-refractivity contribution < 1.29 is 14.6 Å². The third-order valence-corrected chi connectivity index (χ3v) is 2.18. The molecule has 1 aromatic rings. The van der Waals surface area contributed by atoms with Crippen molar-refractivity contribution in [1.29, 1.82) is 0 Å². The zero-order chi connectivity index (χ0) is 12.8. The number of nitrogens with zero attached hydrogens (tertiary/aromatic N) is 1. The third-order valence-electron chi connectivity index (χ3n) is 2.18. The molecule has 0 heterocycles. The summed E-state index contributed by atoms with van der Waals surface area (Å²) in [5.74, 6) is 0.265. The van der Waals surface area contributed by atoms with Crippen LogP contribution in [0.3, 0.4) is 0 Å². The van der Waals surface area contributed by atoms with Crippen LogP contribution in [0.15, 0.2) is 24.3 Å². The minimum absolute atomic E-state index is 0.259. The average molecular weight is 238 g/mol. The van der Waals surface area contributed by atoms with Crippen LogP contribution in [-0.4, -0.2) is 42.8 Å². The molecular weight excluding hydrogens is 220 g/mol. The van der Waals surface area contributed by atoms with Crippen molar-refractivity contribution in [1.82, 2.24) is 10.4 Å². The highest BCUT2D eigenvalue weighted by Gasteiger charge is 2.13. The second kappa shape index (κ2) is 6.22. The Kier molecular flexibility index (Phi) is 4.93. The van der Waals surface area contributed by atoms with Crippen molar-refractivity contribution in [3.63, 3.8) is 0 Å². The van der Waals surface area contributed by atoms with E-state index < -0.39 is 6.10 Å². The van der Waals surface area contributed by atoms with Gasteiger partial charge in [-0.15, -0.1) is 0 Å². The highest BCUT2D eigenvalue weighted by Crippen LogP contribution is 2.16. The number of aliphatic hydroxyl groups is 1. The predicted molar refractivity (Wildman–Crippen MR) is 64.8 cm³/mol. The lowest BCUT2D eigenvalue weighted by Crippen LogP contribution is -2.42. The van der Waals surface area contributed by atoms with Crippen molar-refractivity contribution in [2.24, 2.45) is 0 Å². The van der Waals surface area contributed by atoms with E-state index in [1.54, 1.807) is 43.2 Å². The largest absolute Gasteiger partial charge is 0.496 e. The first-order valence-corrected chi connectivity index (χ1v) is 5.37. The normalized spacial score (nSPS) is 12.3. The van der Waals surface area contributed by atoms with Gasteiger partial charge in [0.2, 0.25) is 0 Å². The SMILES string of the molecule is COc1ccccc1C(=O)NN(C)CC(C)O. The van der Waals surface area contributed by atoms with Gasteiger partial charge in [0.1, 0.15) is 5.75 Å². The van der Waals surface area contributed by atoms with E-state index in [4.69, 9.17) is 4.74 Å². The van der Waals surface area contributed by atoms with Gasteiger partial charge in [-0.05, 0) is 19.1 Å². The molecule has 94 valence electrons. The van der Waals surface area contributed by atoms with Crippen LogP contribution in [0.5, 0.6) is 5.75 Å². The second-order valence-corrected chi connectivity index (χ2v) is 3.87. The number of amides is 1. The zero-order valence-electron chi connectivity index (χ0n) is 10.3. The van der Waals surface area contributed by atoms with Crippen LogP contribution in [0.25, 0.3) is 0 Å². The minimum atomic E-state index is -0.502. The Morgan fingerprint density at radius 2 is 2.18 bits per heavy atom. The first-order chi connectivity index (χ1) is 8.04. The van der Waals surface area contributed by atoms with Gasteiger partial charge in [0.25, 0.3) is 5.91 Å². The Bertz CT molecular complexity index is 380. The molecular formula is C12H18N2O3. The Hall–Kier alpha value is -1.59. The molecule has 1 atom stereocenters. The van der Waals surface area contributed by atoms with E-state index in [1.807, 2.05) is 0 Å². The first kappa shape index (κ1) is 13.5. The highest BCUT2D eigenvalue weighted by atomic mass is 16.5. The third kappa shape index (κ3) is 4.05. The standard InChI is InChI=1S/C12H18N2O3/c1-9(15)8-14(2)13-12(16)10-6-4-5-7-11(10)17-3/h4-7,9,15H,8H2,1-3H3,(H,13,16). The van der Waals surface area contributed by atoms with Crippen molar-refractivity contribution in [2.75, 3.05) is 20.7 Å². The molecule has 1 amide bonds. The number of ether oxygens (including phenoxy) is 1. The topological polar surface area (TPSA) is 61.8 Å². The summed E-state index contributed by atoms with van der Waals surface area (Å²) in [5, 5.41) is 10.7. The van der Waals surface area contributed by atoms with Crippen LogP contribution in [0, 0.1) is 0 Å². The maximum absolute atomic E-state index is 11.9. The molecule has 0 aliphatic rings. The van der Waals surface area contributed by atoms with Crippen molar-refractivity contribution in [3.05, 3.63) is 29.8 Å². The Morgan fingerprint density at radius 1 is 1.53 bits per heavy atom. The molecule has 2 N–H and O–H groups in total. The molecule has 0 fully saturated rings. The molecule has 0 aliphatic heterocycles. The molecule has 0 spiro atoms. The van der Waals surface area contributed by atoms with Gasteiger partial charge < -0.3 is 9.84 Å². The molecule has 0 saturated carbocycles. The van der Waals surface area contributed by atoms with Gasteiger partial charge >= 0.3 is 0 Å².